The molecule has 4 nitrogen and oxygen atoms in total. The SMILES string of the molecule is COc1ccc(N(C)Cc2cccnc2N)cc1. The highest BCUT2D eigenvalue weighted by molar-refractivity contribution is 5.50. The highest BCUT2D eigenvalue weighted by atomic mass is 16.5. The van der Waals surface area contributed by atoms with Crippen molar-refractivity contribution in [1.82, 2.24) is 4.98 Å². The van der Waals surface area contributed by atoms with Crippen LogP contribution in [-0.4, -0.2) is 19.1 Å². The number of pyridine rings is 1. The van der Waals surface area contributed by atoms with Gasteiger partial charge in [0.15, 0.2) is 0 Å². The van der Waals surface area contributed by atoms with Crippen molar-refractivity contribution in [2.45, 2.75) is 6.54 Å². The van der Waals surface area contributed by atoms with Crippen LogP contribution in [0.3, 0.4) is 0 Å². The second-order valence-electron chi connectivity index (χ2n) is 4.10. The van der Waals surface area contributed by atoms with Crippen LogP contribution in [0.25, 0.3) is 0 Å². The number of benzene rings is 1. The number of nitrogens with two attached hydrogens (primary N) is 1. The van der Waals surface area contributed by atoms with E-state index in [2.05, 4.69) is 9.88 Å². The lowest BCUT2D eigenvalue weighted by Gasteiger charge is -2.20. The van der Waals surface area contributed by atoms with Crippen molar-refractivity contribution in [2.75, 3.05) is 24.8 Å². The van der Waals surface area contributed by atoms with E-state index < -0.39 is 0 Å². The fourth-order valence-corrected chi connectivity index (χ4v) is 1.77. The predicted molar refractivity (Wildman–Crippen MR) is 73.8 cm³/mol. The Morgan fingerprint density at radius 1 is 1.22 bits per heavy atom. The van der Waals surface area contributed by atoms with Gasteiger partial charge in [-0.3, -0.25) is 0 Å². The van der Waals surface area contributed by atoms with Crippen LogP contribution >= 0.6 is 0 Å². The molecule has 18 heavy (non-hydrogen) atoms. The first-order valence-corrected chi connectivity index (χ1v) is 5.75. The highest BCUT2D eigenvalue weighted by Crippen LogP contribution is 2.20. The Bertz CT molecular complexity index is 511. The van der Waals surface area contributed by atoms with Gasteiger partial charge in [0.05, 0.1) is 7.11 Å². The Hall–Kier alpha value is -2.23. The Morgan fingerprint density at radius 2 is 1.94 bits per heavy atom. The first kappa shape index (κ1) is 12.2. The van der Waals surface area contributed by atoms with E-state index in [1.807, 2.05) is 43.4 Å². The van der Waals surface area contributed by atoms with Crippen molar-refractivity contribution in [3.05, 3.63) is 48.2 Å². The van der Waals surface area contributed by atoms with Crippen LogP contribution in [0.15, 0.2) is 42.6 Å². The number of methoxy groups -OCH3 is 1. The summed E-state index contributed by atoms with van der Waals surface area (Å²) in [7, 11) is 3.68. The largest absolute Gasteiger partial charge is 0.497 e. The van der Waals surface area contributed by atoms with Crippen LogP contribution in [0.5, 0.6) is 5.75 Å². The van der Waals surface area contributed by atoms with E-state index in [0.717, 1.165) is 23.5 Å². The lowest BCUT2D eigenvalue weighted by Crippen LogP contribution is -2.17. The highest BCUT2D eigenvalue weighted by Gasteiger charge is 2.05. The number of ether oxygens (including phenoxy) is 1. The van der Waals surface area contributed by atoms with Crippen molar-refractivity contribution in [2.24, 2.45) is 0 Å². The average Bonchev–Trinajstić information content (AvgIpc) is 2.41. The zero-order valence-corrected chi connectivity index (χ0v) is 10.6. The molecule has 94 valence electrons. The van der Waals surface area contributed by atoms with Crippen molar-refractivity contribution < 1.29 is 4.74 Å². The van der Waals surface area contributed by atoms with Gasteiger partial charge >= 0.3 is 0 Å². The molecular weight excluding hydrogens is 226 g/mol. The van der Waals surface area contributed by atoms with E-state index in [0.29, 0.717) is 5.82 Å². The van der Waals surface area contributed by atoms with E-state index in [1.54, 1.807) is 13.3 Å². The second kappa shape index (κ2) is 5.40. The van der Waals surface area contributed by atoms with Crippen molar-refractivity contribution >= 4 is 11.5 Å². The summed E-state index contributed by atoms with van der Waals surface area (Å²) in [5.74, 6) is 1.44. The van der Waals surface area contributed by atoms with Crippen molar-refractivity contribution in [3.8, 4) is 5.75 Å². The maximum Gasteiger partial charge on any atom is 0.128 e. The van der Waals surface area contributed by atoms with Gasteiger partial charge in [-0.2, -0.15) is 0 Å². The maximum absolute atomic E-state index is 5.83. The minimum Gasteiger partial charge on any atom is -0.497 e. The second-order valence-corrected chi connectivity index (χ2v) is 4.10. The summed E-state index contributed by atoms with van der Waals surface area (Å²) < 4.78 is 5.14. The molecule has 2 aromatic rings. The van der Waals surface area contributed by atoms with Crippen molar-refractivity contribution in [3.63, 3.8) is 0 Å². The van der Waals surface area contributed by atoms with Gasteiger partial charge in [0.25, 0.3) is 0 Å². The van der Waals surface area contributed by atoms with E-state index in [-0.39, 0.29) is 0 Å². The van der Waals surface area contributed by atoms with Crippen LogP contribution in [0.2, 0.25) is 0 Å². The number of rotatable bonds is 4. The van der Waals surface area contributed by atoms with Gasteiger partial charge in [-0.1, -0.05) is 6.07 Å². The third-order valence-electron chi connectivity index (χ3n) is 2.85. The van der Waals surface area contributed by atoms with Gasteiger partial charge in [0.1, 0.15) is 11.6 Å². The molecule has 0 aliphatic rings. The molecule has 0 radical (unpaired) electrons. The summed E-state index contributed by atoms with van der Waals surface area (Å²) in [6.07, 6.45) is 1.70. The molecule has 2 N–H and O–H groups in total. The Labute approximate surface area is 107 Å². The summed E-state index contributed by atoms with van der Waals surface area (Å²) in [6.45, 7) is 0.728. The predicted octanol–water partition coefficient (Wildman–Crippen LogP) is 2.31. The van der Waals surface area contributed by atoms with Gasteiger partial charge < -0.3 is 15.4 Å². The van der Waals surface area contributed by atoms with E-state index in [4.69, 9.17) is 10.5 Å². The zero-order valence-electron chi connectivity index (χ0n) is 10.6. The molecule has 2 rings (SSSR count). The number of hydrogen-bond acceptors (Lipinski definition) is 4. The van der Waals surface area contributed by atoms with Gasteiger partial charge in [-0.15, -0.1) is 0 Å². The van der Waals surface area contributed by atoms with Crippen LogP contribution < -0.4 is 15.4 Å². The monoisotopic (exact) mass is 243 g/mol. The summed E-state index contributed by atoms with van der Waals surface area (Å²) >= 11 is 0. The third kappa shape index (κ3) is 2.71. The minimum absolute atomic E-state index is 0.581. The number of anilines is 2. The summed E-state index contributed by atoms with van der Waals surface area (Å²) in [6, 6.07) is 11.8. The van der Waals surface area contributed by atoms with E-state index in [1.165, 1.54) is 0 Å². The van der Waals surface area contributed by atoms with Crippen LogP contribution in [0.4, 0.5) is 11.5 Å². The van der Waals surface area contributed by atoms with Crippen LogP contribution in [-0.2, 0) is 6.54 Å². The molecule has 0 fully saturated rings. The number of aromatic nitrogens is 1. The van der Waals surface area contributed by atoms with Gasteiger partial charge in [0.2, 0.25) is 0 Å². The molecule has 0 amide bonds. The molecule has 0 unspecified atom stereocenters. The van der Waals surface area contributed by atoms with E-state index in [9.17, 15) is 0 Å². The molecule has 4 heteroatoms. The molecule has 0 bridgehead atoms. The molecule has 0 aliphatic heterocycles. The lowest BCUT2D eigenvalue weighted by atomic mass is 10.2. The summed E-state index contributed by atoms with van der Waals surface area (Å²) in [5, 5.41) is 0. The zero-order chi connectivity index (χ0) is 13.0. The van der Waals surface area contributed by atoms with Gasteiger partial charge in [-0.05, 0) is 30.3 Å². The molecule has 0 aliphatic carbocycles. The number of hydrogen-bond donors (Lipinski definition) is 1. The normalized spacial score (nSPS) is 10.1. The van der Waals surface area contributed by atoms with Crippen LogP contribution in [0, 0.1) is 0 Å². The standard InChI is InChI=1S/C14H17N3O/c1-17(10-11-4-3-9-16-14(11)15)12-5-7-13(18-2)8-6-12/h3-9H,10H2,1-2H3,(H2,15,16). The molecule has 0 saturated carbocycles. The third-order valence-corrected chi connectivity index (χ3v) is 2.85. The van der Waals surface area contributed by atoms with E-state index >= 15 is 0 Å². The lowest BCUT2D eigenvalue weighted by molar-refractivity contribution is 0.415. The molecule has 1 aromatic carbocycles. The molecule has 0 atom stereocenters. The van der Waals surface area contributed by atoms with Gasteiger partial charge in [-0.25, -0.2) is 4.98 Å². The van der Waals surface area contributed by atoms with Gasteiger partial charge in [0, 0.05) is 31.0 Å². The quantitative estimate of drug-likeness (QED) is 0.895. The van der Waals surface area contributed by atoms with Crippen LogP contribution in [0.1, 0.15) is 5.56 Å². The average molecular weight is 243 g/mol. The summed E-state index contributed by atoms with van der Waals surface area (Å²) in [5.41, 5.74) is 7.97. The Kier molecular flexibility index (Phi) is 3.67. The molecular formula is C14H17N3O. The number of nitrogen functional groups attached to an aromatic ring is 1. The summed E-state index contributed by atoms with van der Waals surface area (Å²) in [4.78, 5) is 6.20. The minimum atomic E-state index is 0.581. The topological polar surface area (TPSA) is 51.4 Å². The first-order valence-electron chi connectivity index (χ1n) is 5.75. The first-order chi connectivity index (χ1) is 8.70. The smallest absolute Gasteiger partial charge is 0.128 e. The number of nitrogens with zero attached hydrogens (tertiary/aromatic N) is 2. The molecule has 0 spiro atoms. The molecule has 0 saturated heterocycles. The molecule has 1 aromatic heterocycles. The molecule has 1 heterocycles. The maximum atomic E-state index is 5.83. The van der Waals surface area contributed by atoms with Crippen molar-refractivity contribution in [1.29, 1.82) is 0 Å². The Balaban J connectivity index is 2.11. The fraction of sp³-hybridized carbons (Fsp3) is 0.214. The Morgan fingerprint density at radius 3 is 2.56 bits per heavy atom. The fourth-order valence-electron chi connectivity index (χ4n) is 1.77.